The van der Waals surface area contributed by atoms with Gasteiger partial charge >= 0.3 is 0 Å². The Morgan fingerprint density at radius 2 is 2.00 bits per heavy atom. The lowest BCUT2D eigenvalue weighted by Gasteiger charge is -2.12. The molecule has 1 atom stereocenters. The fourth-order valence-electron chi connectivity index (χ4n) is 1.61. The predicted octanol–water partition coefficient (Wildman–Crippen LogP) is 1.80. The molecule has 1 rings (SSSR count). The van der Waals surface area contributed by atoms with Crippen molar-refractivity contribution in [2.24, 2.45) is 5.73 Å². The lowest BCUT2D eigenvalue weighted by Crippen LogP contribution is -2.17. The summed E-state index contributed by atoms with van der Waals surface area (Å²) in [6.07, 6.45) is 3.14. The smallest absolute Gasteiger partial charge is 0.149 e. The first-order valence-electron chi connectivity index (χ1n) is 5.36. The highest BCUT2D eigenvalue weighted by Gasteiger charge is 2.14. The highest BCUT2D eigenvalue weighted by molar-refractivity contribution is 4.99. The van der Waals surface area contributed by atoms with E-state index < -0.39 is 0 Å². The molecule has 0 aliphatic rings. The molecular weight excluding hydrogens is 176 g/mol. The Bertz CT molecular complexity index is 280. The van der Waals surface area contributed by atoms with Crippen LogP contribution in [-0.4, -0.2) is 14.8 Å². The second-order valence-electron chi connectivity index (χ2n) is 3.65. The highest BCUT2D eigenvalue weighted by atomic mass is 15.3. The summed E-state index contributed by atoms with van der Waals surface area (Å²) in [6, 6.07) is 0.0350. The molecule has 1 heterocycles. The molecule has 0 amide bonds. The molecule has 0 saturated heterocycles. The van der Waals surface area contributed by atoms with E-state index in [0.717, 1.165) is 37.5 Å². The minimum Gasteiger partial charge on any atom is -0.321 e. The van der Waals surface area contributed by atoms with Crippen LogP contribution in [0.5, 0.6) is 0 Å². The molecule has 4 nitrogen and oxygen atoms in total. The van der Waals surface area contributed by atoms with Crippen LogP contribution in [0, 0.1) is 6.92 Å². The molecule has 0 unspecified atom stereocenters. The normalized spacial score (nSPS) is 13.1. The number of rotatable bonds is 5. The number of aromatic nitrogens is 3. The van der Waals surface area contributed by atoms with E-state index in [-0.39, 0.29) is 6.04 Å². The van der Waals surface area contributed by atoms with E-state index in [2.05, 4.69) is 28.6 Å². The third-order valence-electron chi connectivity index (χ3n) is 2.34. The van der Waals surface area contributed by atoms with Gasteiger partial charge in [-0.15, -0.1) is 10.2 Å². The minimum atomic E-state index is 0.0350. The fraction of sp³-hybridized carbons (Fsp3) is 0.800. The van der Waals surface area contributed by atoms with Gasteiger partial charge in [0.15, 0.2) is 0 Å². The van der Waals surface area contributed by atoms with Crippen LogP contribution in [-0.2, 0) is 6.54 Å². The Kier molecular flexibility index (Phi) is 4.07. The first kappa shape index (κ1) is 11.2. The van der Waals surface area contributed by atoms with Crippen LogP contribution < -0.4 is 5.73 Å². The van der Waals surface area contributed by atoms with Gasteiger partial charge in [-0.3, -0.25) is 0 Å². The molecule has 0 bridgehead atoms. The van der Waals surface area contributed by atoms with Crippen molar-refractivity contribution in [3.8, 4) is 0 Å². The summed E-state index contributed by atoms with van der Waals surface area (Å²) >= 11 is 0. The molecule has 4 heteroatoms. The Morgan fingerprint density at radius 3 is 2.57 bits per heavy atom. The van der Waals surface area contributed by atoms with Crippen molar-refractivity contribution in [3.63, 3.8) is 0 Å². The van der Waals surface area contributed by atoms with Crippen molar-refractivity contribution < 1.29 is 0 Å². The predicted molar refractivity (Wildman–Crippen MR) is 56.9 cm³/mol. The van der Waals surface area contributed by atoms with E-state index in [9.17, 15) is 0 Å². The maximum absolute atomic E-state index is 6.03. The topological polar surface area (TPSA) is 56.7 Å². The third-order valence-corrected chi connectivity index (χ3v) is 2.34. The van der Waals surface area contributed by atoms with Gasteiger partial charge in [-0.25, -0.2) is 0 Å². The number of hydrogen-bond donors (Lipinski definition) is 1. The maximum Gasteiger partial charge on any atom is 0.149 e. The van der Waals surface area contributed by atoms with Crippen LogP contribution in [0.1, 0.15) is 50.8 Å². The van der Waals surface area contributed by atoms with Crippen molar-refractivity contribution in [2.75, 3.05) is 0 Å². The summed E-state index contributed by atoms with van der Waals surface area (Å²) < 4.78 is 2.13. The highest BCUT2D eigenvalue weighted by Crippen LogP contribution is 2.14. The largest absolute Gasteiger partial charge is 0.321 e. The second kappa shape index (κ2) is 5.10. The van der Waals surface area contributed by atoms with E-state index in [1.807, 2.05) is 6.92 Å². The zero-order valence-electron chi connectivity index (χ0n) is 9.32. The molecule has 0 spiro atoms. The van der Waals surface area contributed by atoms with Gasteiger partial charge in [0.1, 0.15) is 11.6 Å². The van der Waals surface area contributed by atoms with Crippen LogP contribution in [0.25, 0.3) is 0 Å². The molecule has 2 N–H and O–H groups in total. The van der Waals surface area contributed by atoms with Crippen molar-refractivity contribution in [1.29, 1.82) is 0 Å². The first-order valence-corrected chi connectivity index (χ1v) is 5.36. The Labute approximate surface area is 85.5 Å². The maximum atomic E-state index is 6.03. The van der Waals surface area contributed by atoms with Gasteiger partial charge in [0, 0.05) is 6.54 Å². The van der Waals surface area contributed by atoms with E-state index in [4.69, 9.17) is 5.73 Å². The number of nitrogens with zero attached hydrogens (tertiary/aromatic N) is 3. The fourth-order valence-corrected chi connectivity index (χ4v) is 1.61. The zero-order chi connectivity index (χ0) is 10.6. The summed E-state index contributed by atoms with van der Waals surface area (Å²) in [5, 5.41) is 8.21. The second-order valence-corrected chi connectivity index (χ2v) is 3.65. The van der Waals surface area contributed by atoms with Gasteiger partial charge in [-0.2, -0.15) is 0 Å². The number of aryl methyl sites for hydroxylation is 1. The molecule has 0 saturated carbocycles. The van der Waals surface area contributed by atoms with Crippen molar-refractivity contribution in [2.45, 2.75) is 52.6 Å². The molecule has 1 aromatic heterocycles. The van der Waals surface area contributed by atoms with Gasteiger partial charge in [0.05, 0.1) is 6.04 Å². The van der Waals surface area contributed by atoms with E-state index in [0.29, 0.717) is 0 Å². The molecule has 0 fully saturated rings. The first-order chi connectivity index (χ1) is 6.70. The lowest BCUT2D eigenvalue weighted by atomic mass is 10.1. The number of hydrogen-bond acceptors (Lipinski definition) is 3. The average Bonchev–Trinajstić information content (AvgIpc) is 2.50. The van der Waals surface area contributed by atoms with Gasteiger partial charge < -0.3 is 10.3 Å². The van der Waals surface area contributed by atoms with Crippen LogP contribution in [0.3, 0.4) is 0 Å². The van der Waals surface area contributed by atoms with Crippen LogP contribution in [0.15, 0.2) is 0 Å². The minimum absolute atomic E-state index is 0.0350. The molecule has 0 aromatic carbocycles. The van der Waals surface area contributed by atoms with Crippen LogP contribution >= 0.6 is 0 Å². The standard InChI is InChI=1S/C10H20N4/c1-4-6-9(11)10-13-12-8(3)14(10)7-5-2/h9H,4-7,11H2,1-3H3/t9-/m1/s1. The zero-order valence-corrected chi connectivity index (χ0v) is 9.32. The Balaban J connectivity index is 2.84. The van der Waals surface area contributed by atoms with E-state index in [1.54, 1.807) is 0 Å². The monoisotopic (exact) mass is 196 g/mol. The SMILES string of the molecule is CCC[C@@H](N)c1nnc(C)n1CCC. The Morgan fingerprint density at radius 1 is 1.29 bits per heavy atom. The quantitative estimate of drug-likeness (QED) is 0.781. The summed E-state index contributed by atoms with van der Waals surface area (Å²) in [4.78, 5) is 0. The third kappa shape index (κ3) is 2.32. The van der Waals surface area contributed by atoms with Crippen molar-refractivity contribution in [3.05, 3.63) is 11.6 Å². The van der Waals surface area contributed by atoms with E-state index in [1.165, 1.54) is 0 Å². The van der Waals surface area contributed by atoms with Crippen molar-refractivity contribution in [1.82, 2.24) is 14.8 Å². The van der Waals surface area contributed by atoms with E-state index >= 15 is 0 Å². The van der Waals surface area contributed by atoms with Crippen molar-refractivity contribution >= 4 is 0 Å². The number of nitrogens with two attached hydrogens (primary N) is 1. The molecule has 1 aromatic rings. The Hall–Kier alpha value is -0.900. The lowest BCUT2D eigenvalue weighted by molar-refractivity contribution is 0.538. The molecule has 80 valence electrons. The molecule has 0 aliphatic heterocycles. The van der Waals surface area contributed by atoms with Gasteiger partial charge in [0.25, 0.3) is 0 Å². The van der Waals surface area contributed by atoms with Gasteiger partial charge in [0.2, 0.25) is 0 Å². The molecule has 0 aliphatic carbocycles. The van der Waals surface area contributed by atoms with Gasteiger partial charge in [-0.05, 0) is 19.8 Å². The van der Waals surface area contributed by atoms with Crippen LogP contribution in [0.2, 0.25) is 0 Å². The molecule has 0 radical (unpaired) electrons. The summed E-state index contributed by atoms with van der Waals surface area (Å²) in [5.74, 6) is 1.90. The average molecular weight is 196 g/mol. The van der Waals surface area contributed by atoms with Crippen LogP contribution in [0.4, 0.5) is 0 Å². The summed E-state index contributed by atoms with van der Waals surface area (Å²) in [5.41, 5.74) is 6.03. The molecular formula is C10H20N4. The van der Waals surface area contributed by atoms with Gasteiger partial charge in [-0.1, -0.05) is 20.3 Å². The summed E-state index contributed by atoms with van der Waals surface area (Å²) in [7, 11) is 0. The molecule has 14 heavy (non-hydrogen) atoms. The summed E-state index contributed by atoms with van der Waals surface area (Å²) in [6.45, 7) is 7.22.